The molecule has 0 aliphatic heterocycles. The lowest BCUT2D eigenvalue weighted by Gasteiger charge is -2.05. The molecular weight excluding hydrogens is 364 g/mol. The number of para-hydroxylation sites is 1. The highest BCUT2D eigenvalue weighted by Crippen LogP contribution is 2.39. The van der Waals surface area contributed by atoms with Crippen LogP contribution < -0.4 is 11.0 Å². The van der Waals surface area contributed by atoms with Crippen molar-refractivity contribution in [3.05, 3.63) is 81.5 Å². The molecule has 1 aliphatic carbocycles. The second-order valence-electron chi connectivity index (χ2n) is 6.58. The average molecular weight is 383 g/mol. The van der Waals surface area contributed by atoms with Gasteiger partial charge in [0.2, 0.25) is 0 Å². The minimum atomic E-state index is -0.226. The SMILES string of the molecule is O=C(NCCn1nc(C2CC2)n(-c2ccccc2)c1=O)c1cccc(Cl)c1. The first kappa shape index (κ1) is 17.5. The van der Waals surface area contributed by atoms with Gasteiger partial charge in [0.15, 0.2) is 0 Å². The van der Waals surface area contributed by atoms with Crippen LogP contribution in [0, 0.1) is 0 Å². The minimum Gasteiger partial charge on any atom is -0.350 e. The molecule has 0 spiro atoms. The van der Waals surface area contributed by atoms with Gasteiger partial charge in [0.05, 0.1) is 12.2 Å². The van der Waals surface area contributed by atoms with Crippen LogP contribution in [0.5, 0.6) is 0 Å². The van der Waals surface area contributed by atoms with Crippen LogP contribution in [0.4, 0.5) is 0 Å². The number of amides is 1. The van der Waals surface area contributed by atoms with Crippen molar-refractivity contribution in [2.24, 2.45) is 0 Å². The van der Waals surface area contributed by atoms with Crippen LogP contribution in [0.25, 0.3) is 5.69 Å². The van der Waals surface area contributed by atoms with Crippen LogP contribution in [0.15, 0.2) is 59.4 Å². The predicted octanol–water partition coefficient (Wildman–Crippen LogP) is 2.99. The second-order valence-corrected chi connectivity index (χ2v) is 7.01. The second kappa shape index (κ2) is 7.40. The van der Waals surface area contributed by atoms with Gasteiger partial charge in [-0.3, -0.25) is 4.79 Å². The highest BCUT2D eigenvalue weighted by Gasteiger charge is 2.31. The molecule has 1 fully saturated rings. The number of hydrogen-bond donors (Lipinski definition) is 1. The maximum absolute atomic E-state index is 12.8. The molecule has 1 saturated carbocycles. The predicted molar refractivity (Wildman–Crippen MR) is 104 cm³/mol. The van der Waals surface area contributed by atoms with E-state index in [0.717, 1.165) is 24.4 Å². The van der Waals surface area contributed by atoms with Crippen LogP contribution >= 0.6 is 11.6 Å². The molecule has 1 aliphatic rings. The number of nitrogens with zero attached hydrogens (tertiary/aromatic N) is 3. The number of nitrogens with one attached hydrogen (secondary N) is 1. The molecule has 0 radical (unpaired) electrons. The zero-order chi connectivity index (χ0) is 18.8. The van der Waals surface area contributed by atoms with Gasteiger partial charge in [0.1, 0.15) is 5.82 Å². The van der Waals surface area contributed by atoms with Gasteiger partial charge >= 0.3 is 5.69 Å². The Bertz CT molecular complexity index is 1020. The highest BCUT2D eigenvalue weighted by molar-refractivity contribution is 6.30. The third kappa shape index (κ3) is 3.80. The molecule has 1 heterocycles. The van der Waals surface area contributed by atoms with Crippen molar-refractivity contribution < 1.29 is 4.79 Å². The Labute approximate surface area is 161 Å². The van der Waals surface area contributed by atoms with E-state index < -0.39 is 0 Å². The largest absolute Gasteiger partial charge is 0.350 e. The number of carbonyl (C=O) groups excluding carboxylic acids is 1. The summed E-state index contributed by atoms with van der Waals surface area (Å²) in [6, 6.07) is 16.3. The Kier molecular flexibility index (Phi) is 4.81. The molecule has 3 aromatic rings. The van der Waals surface area contributed by atoms with Crippen LogP contribution in [0.3, 0.4) is 0 Å². The van der Waals surface area contributed by atoms with E-state index in [1.54, 1.807) is 28.8 Å². The number of aromatic nitrogens is 3. The van der Waals surface area contributed by atoms with Crippen molar-refractivity contribution in [2.75, 3.05) is 6.54 Å². The van der Waals surface area contributed by atoms with Crippen molar-refractivity contribution in [3.8, 4) is 5.69 Å². The fourth-order valence-electron chi connectivity index (χ4n) is 3.00. The average Bonchev–Trinajstić information content (AvgIpc) is 3.47. The van der Waals surface area contributed by atoms with Crippen molar-refractivity contribution in [1.82, 2.24) is 19.7 Å². The smallest absolute Gasteiger partial charge is 0.350 e. The van der Waals surface area contributed by atoms with Crippen LogP contribution in [-0.4, -0.2) is 26.8 Å². The zero-order valence-corrected chi connectivity index (χ0v) is 15.4. The summed E-state index contributed by atoms with van der Waals surface area (Å²) in [6.07, 6.45) is 2.10. The molecule has 7 heteroatoms. The molecule has 6 nitrogen and oxygen atoms in total. The van der Waals surface area contributed by atoms with Crippen molar-refractivity contribution in [1.29, 1.82) is 0 Å². The van der Waals surface area contributed by atoms with Crippen LogP contribution in [0.1, 0.15) is 34.9 Å². The van der Waals surface area contributed by atoms with E-state index in [0.29, 0.717) is 29.6 Å². The topological polar surface area (TPSA) is 68.9 Å². The van der Waals surface area contributed by atoms with E-state index in [1.807, 2.05) is 30.3 Å². The minimum absolute atomic E-state index is 0.180. The standard InChI is InChI=1S/C20H19ClN4O2/c21-16-6-4-5-15(13-16)19(26)22-11-12-24-20(27)25(17-7-2-1-3-8-17)18(23-24)14-9-10-14/h1-8,13-14H,9-12H2,(H,22,26). The fourth-order valence-corrected chi connectivity index (χ4v) is 3.19. The Morgan fingerprint density at radius 1 is 1.15 bits per heavy atom. The first-order valence-corrected chi connectivity index (χ1v) is 9.30. The highest BCUT2D eigenvalue weighted by atomic mass is 35.5. The first-order valence-electron chi connectivity index (χ1n) is 8.92. The molecule has 27 heavy (non-hydrogen) atoms. The molecule has 1 amide bonds. The number of halogens is 1. The fraction of sp³-hybridized carbons (Fsp3) is 0.250. The molecule has 1 aromatic heterocycles. The number of carbonyl (C=O) groups is 1. The molecule has 0 saturated heterocycles. The van der Waals surface area contributed by atoms with E-state index in [-0.39, 0.29) is 11.6 Å². The van der Waals surface area contributed by atoms with Crippen molar-refractivity contribution >= 4 is 17.5 Å². The van der Waals surface area contributed by atoms with E-state index in [4.69, 9.17) is 11.6 Å². The number of rotatable bonds is 6. The molecule has 0 unspecified atom stereocenters. The summed E-state index contributed by atoms with van der Waals surface area (Å²) < 4.78 is 3.11. The molecule has 0 bridgehead atoms. The molecule has 1 N–H and O–H groups in total. The van der Waals surface area contributed by atoms with Gasteiger partial charge in [-0.2, -0.15) is 5.10 Å². The Hall–Kier alpha value is -2.86. The lowest BCUT2D eigenvalue weighted by molar-refractivity contribution is 0.0951. The maximum atomic E-state index is 12.8. The molecule has 2 aromatic carbocycles. The summed E-state index contributed by atoms with van der Waals surface area (Å²) in [5.41, 5.74) is 1.13. The van der Waals surface area contributed by atoms with Gasteiger partial charge in [0.25, 0.3) is 5.91 Å². The zero-order valence-electron chi connectivity index (χ0n) is 14.6. The summed E-state index contributed by atoms with van der Waals surface area (Å²) >= 11 is 5.92. The van der Waals surface area contributed by atoms with Gasteiger partial charge in [-0.05, 0) is 43.2 Å². The van der Waals surface area contributed by atoms with E-state index in [1.165, 1.54) is 4.68 Å². The maximum Gasteiger partial charge on any atom is 0.350 e. The van der Waals surface area contributed by atoms with Crippen molar-refractivity contribution in [3.63, 3.8) is 0 Å². The third-order valence-corrected chi connectivity index (χ3v) is 4.75. The summed E-state index contributed by atoms with van der Waals surface area (Å²) in [7, 11) is 0. The van der Waals surface area contributed by atoms with E-state index in [9.17, 15) is 9.59 Å². The van der Waals surface area contributed by atoms with E-state index in [2.05, 4.69) is 10.4 Å². The lowest BCUT2D eigenvalue weighted by atomic mass is 10.2. The summed E-state index contributed by atoms with van der Waals surface area (Å²) in [5.74, 6) is 0.906. The van der Waals surface area contributed by atoms with Gasteiger partial charge in [-0.15, -0.1) is 0 Å². The number of benzene rings is 2. The number of hydrogen-bond acceptors (Lipinski definition) is 3. The molecule has 0 atom stereocenters. The van der Waals surface area contributed by atoms with Crippen LogP contribution in [-0.2, 0) is 6.54 Å². The quantitative estimate of drug-likeness (QED) is 0.712. The van der Waals surface area contributed by atoms with Gasteiger partial charge in [-0.1, -0.05) is 35.9 Å². The Balaban J connectivity index is 1.50. The van der Waals surface area contributed by atoms with Crippen LogP contribution in [0.2, 0.25) is 5.02 Å². The van der Waals surface area contributed by atoms with E-state index >= 15 is 0 Å². The summed E-state index contributed by atoms with van der Waals surface area (Å²) in [6.45, 7) is 0.617. The Morgan fingerprint density at radius 3 is 2.63 bits per heavy atom. The van der Waals surface area contributed by atoms with Crippen molar-refractivity contribution in [2.45, 2.75) is 25.3 Å². The molecule has 4 rings (SSSR count). The first-order chi connectivity index (χ1) is 13.1. The molecular formula is C20H19ClN4O2. The Morgan fingerprint density at radius 2 is 1.93 bits per heavy atom. The molecule has 138 valence electrons. The van der Waals surface area contributed by atoms with Gasteiger partial charge < -0.3 is 5.32 Å². The van der Waals surface area contributed by atoms with Gasteiger partial charge in [-0.25, -0.2) is 14.0 Å². The summed E-state index contributed by atoms with van der Waals surface area (Å²) in [5, 5.41) is 7.84. The summed E-state index contributed by atoms with van der Waals surface area (Å²) in [4.78, 5) is 25.0. The van der Waals surface area contributed by atoms with Gasteiger partial charge in [0, 0.05) is 23.0 Å². The normalized spacial score (nSPS) is 13.5. The lowest BCUT2D eigenvalue weighted by Crippen LogP contribution is -2.32. The third-order valence-electron chi connectivity index (χ3n) is 4.52. The monoisotopic (exact) mass is 382 g/mol.